The molecule has 1 fully saturated rings. The van der Waals surface area contributed by atoms with Gasteiger partial charge in [-0.05, 0) is 62.7 Å². The summed E-state index contributed by atoms with van der Waals surface area (Å²) < 4.78 is 5.39. The van der Waals surface area contributed by atoms with E-state index in [2.05, 4.69) is 18.7 Å². The third-order valence-corrected chi connectivity index (χ3v) is 6.45. The Labute approximate surface area is 196 Å². The van der Waals surface area contributed by atoms with Gasteiger partial charge in [0.15, 0.2) is 0 Å². The molecule has 1 saturated heterocycles. The van der Waals surface area contributed by atoms with Crippen molar-refractivity contribution in [1.82, 2.24) is 9.80 Å². The van der Waals surface area contributed by atoms with Crippen LogP contribution in [0.15, 0.2) is 42.0 Å². The Hall–Kier alpha value is -3.12. The van der Waals surface area contributed by atoms with Crippen molar-refractivity contribution in [2.24, 2.45) is 0 Å². The number of amides is 1. The molecule has 3 rings (SSSR count). The van der Waals surface area contributed by atoms with E-state index in [1.807, 2.05) is 51.1 Å². The molecule has 1 heterocycles. The molecule has 1 unspecified atom stereocenters. The molecule has 2 aromatic rings. The lowest BCUT2D eigenvalue weighted by Crippen LogP contribution is -2.38. The maximum atomic E-state index is 13.3. The molecule has 1 aliphatic heterocycles. The predicted octanol–water partition coefficient (Wildman–Crippen LogP) is 4.38. The number of hydrogen-bond donors (Lipinski definition) is 1. The minimum Gasteiger partial charge on any atom is -0.507 e. The normalized spacial score (nSPS) is 17.8. The number of likely N-dealkylation sites (N-methyl/N-ethyl adjacent to an activating group) is 1. The number of carbonyl (C=O) groups excluding carboxylic acids is 2. The molecule has 6 nitrogen and oxygen atoms in total. The second kappa shape index (κ2) is 10.2. The summed E-state index contributed by atoms with van der Waals surface area (Å²) >= 11 is 0. The number of likely N-dealkylation sites (tertiary alicyclic amines) is 1. The van der Waals surface area contributed by atoms with E-state index in [0.29, 0.717) is 24.4 Å². The van der Waals surface area contributed by atoms with Gasteiger partial charge in [0.05, 0.1) is 18.7 Å². The van der Waals surface area contributed by atoms with Crippen LogP contribution in [-0.4, -0.2) is 59.9 Å². The minimum absolute atomic E-state index is 0.137. The Morgan fingerprint density at radius 3 is 2.36 bits per heavy atom. The van der Waals surface area contributed by atoms with Gasteiger partial charge >= 0.3 is 0 Å². The topological polar surface area (TPSA) is 70.1 Å². The van der Waals surface area contributed by atoms with Crippen molar-refractivity contribution in [2.45, 2.75) is 40.7 Å². The van der Waals surface area contributed by atoms with Crippen LogP contribution < -0.4 is 4.74 Å². The number of methoxy groups -OCH3 is 1. The molecular weight excluding hydrogens is 416 g/mol. The molecule has 176 valence electrons. The van der Waals surface area contributed by atoms with E-state index in [1.54, 1.807) is 18.1 Å². The zero-order chi connectivity index (χ0) is 24.3. The molecule has 0 saturated carbocycles. The van der Waals surface area contributed by atoms with Gasteiger partial charge in [0.2, 0.25) is 0 Å². The molecule has 2 aromatic carbocycles. The number of hydrogen-bond acceptors (Lipinski definition) is 5. The van der Waals surface area contributed by atoms with Crippen molar-refractivity contribution >= 4 is 17.4 Å². The number of rotatable bonds is 8. The Kier molecular flexibility index (Phi) is 7.59. The summed E-state index contributed by atoms with van der Waals surface area (Å²) in [5.41, 5.74) is 4.13. The van der Waals surface area contributed by atoms with Crippen LogP contribution in [0.5, 0.6) is 5.75 Å². The number of carbonyl (C=O) groups is 2. The fourth-order valence-corrected chi connectivity index (χ4v) is 4.50. The van der Waals surface area contributed by atoms with Crippen molar-refractivity contribution in [1.29, 1.82) is 0 Å². The molecule has 6 heteroatoms. The third-order valence-electron chi connectivity index (χ3n) is 6.45. The first-order valence-electron chi connectivity index (χ1n) is 11.5. The van der Waals surface area contributed by atoms with Crippen molar-refractivity contribution in [3.63, 3.8) is 0 Å². The fourth-order valence-electron chi connectivity index (χ4n) is 4.50. The SMILES string of the molecule is CCN(CC)CCN1C(=O)C(=O)/C(=C(/O)c2cc(C)c(OC)cc2C)C1c1cccc(C)c1. The number of aliphatic hydroxyl groups is 1. The van der Waals surface area contributed by atoms with Crippen molar-refractivity contribution < 1.29 is 19.4 Å². The summed E-state index contributed by atoms with van der Waals surface area (Å²) in [5, 5.41) is 11.4. The molecule has 33 heavy (non-hydrogen) atoms. The zero-order valence-corrected chi connectivity index (χ0v) is 20.4. The predicted molar refractivity (Wildman–Crippen MR) is 130 cm³/mol. The van der Waals surface area contributed by atoms with Crippen LogP contribution >= 0.6 is 0 Å². The van der Waals surface area contributed by atoms with E-state index in [1.165, 1.54) is 0 Å². The Morgan fingerprint density at radius 2 is 1.76 bits per heavy atom. The highest BCUT2D eigenvalue weighted by molar-refractivity contribution is 6.46. The first-order chi connectivity index (χ1) is 15.7. The summed E-state index contributed by atoms with van der Waals surface area (Å²) in [6.45, 7) is 12.6. The highest BCUT2D eigenvalue weighted by atomic mass is 16.5. The lowest BCUT2D eigenvalue weighted by atomic mass is 9.92. The van der Waals surface area contributed by atoms with E-state index >= 15 is 0 Å². The van der Waals surface area contributed by atoms with Gasteiger partial charge in [-0.25, -0.2) is 0 Å². The van der Waals surface area contributed by atoms with Crippen LogP contribution in [0.1, 0.15) is 47.7 Å². The van der Waals surface area contributed by atoms with Gasteiger partial charge in [-0.15, -0.1) is 0 Å². The average Bonchev–Trinajstić information content (AvgIpc) is 3.05. The van der Waals surface area contributed by atoms with Crippen molar-refractivity contribution in [3.05, 3.63) is 69.8 Å². The standard InChI is InChI=1S/C27H34N2O4/c1-7-28(8-2)12-13-29-24(20-11-9-10-17(3)14-20)23(26(31)27(29)32)25(30)21-15-19(5)22(33-6)16-18(21)4/h9-11,14-16,24,30H,7-8,12-13H2,1-6H3/b25-23+. The first kappa shape index (κ1) is 24.5. The van der Waals surface area contributed by atoms with Crippen LogP contribution in [0.4, 0.5) is 0 Å². The van der Waals surface area contributed by atoms with Crippen LogP contribution in [0.2, 0.25) is 0 Å². The lowest BCUT2D eigenvalue weighted by molar-refractivity contribution is -0.140. The van der Waals surface area contributed by atoms with Gasteiger partial charge in [-0.1, -0.05) is 43.7 Å². The Bertz CT molecular complexity index is 1090. The molecule has 1 aliphatic rings. The number of benzene rings is 2. The molecule has 0 spiro atoms. The zero-order valence-electron chi connectivity index (χ0n) is 20.4. The summed E-state index contributed by atoms with van der Waals surface area (Å²) in [7, 11) is 1.60. The van der Waals surface area contributed by atoms with Crippen molar-refractivity contribution in [2.75, 3.05) is 33.3 Å². The maximum absolute atomic E-state index is 13.3. The van der Waals surface area contributed by atoms with Crippen LogP contribution in [0, 0.1) is 20.8 Å². The average molecular weight is 451 g/mol. The minimum atomic E-state index is -0.647. The summed E-state index contributed by atoms with van der Waals surface area (Å²) in [6.07, 6.45) is 0. The summed E-state index contributed by atoms with van der Waals surface area (Å²) in [5.74, 6) is -0.656. The highest BCUT2D eigenvalue weighted by Crippen LogP contribution is 2.40. The molecule has 0 aromatic heterocycles. The third kappa shape index (κ3) is 4.81. The molecule has 1 N–H and O–H groups in total. The second-order valence-electron chi connectivity index (χ2n) is 8.57. The van der Waals surface area contributed by atoms with Crippen LogP contribution in [0.25, 0.3) is 5.76 Å². The van der Waals surface area contributed by atoms with E-state index in [4.69, 9.17) is 4.74 Å². The first-order valence-corrected chi connectivity index (χ1v) is 11.5. The molecular formula is C27H34N2O4. The number of ether oxygens (including phenoxy) is 1. The lowest BCUT2D eigenvalue weighted by Gasteiger charge is -2.28. The number of nitrogens with zero attached hydrogens (tertiary/aromatic N) is 2. The second-order valence-corrected chi connectivity index (χ2v) is 8.57. The van der Waals surface area contributed by atoms with Crippen molar-refractivity contribution in [3.8, 4) is 5.75 Å². The van der Waals surface area contributed by atoms with Gasteiger partial charge in [0.25, 0.3) is 11.7 Å². The van der Waals surface area contributed by atoms with Gasteiger partial charge in [0.1, 0.15) is 11.5 Å². The maximum Gasteiger partial charge on any atom is 0.295 e. The smallest absolute Gasteiger partial charge is 0.295 e. The Morgan fingerprint density at radius 1 is 1.06 bits per heavy atom. The number of aliphatic hydroxyl groups excluding tert-OH is 1. The largest absolute Gasteiger partial charge is 0.507 e. The molecule has 0 radical (unpaired) electrons. The molecule has 0 bridgehead atoms. The summed E-state index contributed by atoms with van der Waals surface area (Å²) in [6, 6.07) is 10.8. The number of ketones is 1. The fraction of sp³-hybridized carbons (Fsp3) is 0.407. The van der Waals surface area contributed by atoms with E-state index < -0.39 is 17.7 Å². The molecule has 1 atom stereocenters. The van der Waals surface area contributed by atoms with Gasteiger partial charge < -0.3 is 19.6 Å². The number of Topliss-reactive ketones (excluding diaryl/α,β-unsaturated/α-hetero) is 1. The van der Waals surface area contributed by atoms with Gasteiger partial charge in [0, 0.05) is 18.7 Å². The molecule has 1 amide bonds. The van der Waals surface area contributed by atoms with Crippen LogP contribution in [0.3, 0.4) is 0 Å². The van der Waals surface area contributed by atoms with E-state index in [0.717, 1.165) is 35.3 Å². The van der Waals surface area contributed by atoms with E-state index in [9.17, 15) is 14.7 Å². The van der Waals surface area contributed by atoms with Gasteiger partial charge in [-0.2, -0.15) is 0 Å². The van der Waals surface area contributed by atoms with Gasteiger partial charge in [-0.3, -0.25) is 9.59 Å². The van der Waals surface area contributed by atoms with E-state index in [-0.39, 0.29) is 11.3 Å². The number of aryl methyl sites for hydroxylation is 3. The Balaban J connectivity index is 2.16. The quantitative estimate of drug-likeness (QED) is 0.367. The highest BCUT2D eigenvalue weighted by Gasteiger charge is 2.46. The molecule has 0 aliphatic carbocycles. The summed E-state index contributed by atoms with van der Waals surface area (Å²) in [4.78, 5) is 30.2. The monoisotopic (exact) mass is 450 g/mol. The van der Waals surface area contributed by atoms with Crippen LogP contribution in [-0.2, 0) is 9.59 Å².